The van der Waals surface area contributed by atoms with E-state index in [1.54, 1.807) is 48.5 Å². The Kier molecular flexibility index (Phi) is 5.64. The van der Waals surface area contributed by atoms with E-state index < -0.39 is 7.80 Å². The minimum absolute atomic E-state index is 0.477. The van der Waals surface area contributed by atoms with Gasteiger partial charge in [-0.1, -0.05) is 48.5 Å². The molecule has 4 N–H and O–H groups in total. The number of rotatable bonds is 6. The Morgan fingerprint density at radius 1 is 0.500 bits per heavy atom. The molecule has 4 aromatic carbocycles. The highest BCUT2D eigenvalue weighted by Crippen LogP contribution is 2.35. The van der Waals surface area contributed by atoms with Gasteiger partial charge in [0.2, 0.25) is 0 Å². The average molecular weight is 415 g/mol. The second-order valence-electron chi connectivity index (χ2n) is 6.51. The second kappa shape index (κ2) is 8.68. The van der Waals surface area contributed by atoms with Crippen molar-refractivity contribution in [2.24, 2.45) is 0 Å². The van der Waals surface area contributed by atoms with E-state index in [4.69, 9.17) is 20.9 Å². The minimum atomic E-state index is -2.01. The van der Waals surface area contributed by atoms with E-state index in [2.05, 4.69) is 0 Å². The highest BCUT2D eigenvalue weighted by molar-refractivity contribution is 7.62. The summed E-state index contributed by atoms with van der Waals surface area (Å²) in [5, 5.41) is 1.10. The molecule has 6 heteroatoms. The van der Waals surface area contributed by atoms with Crippen molar-refractivity contribution in [3.05, 3.63) is 97.1 Å². The van der Waals surface area contributed by atoms with Crippen molar-refractivity contribution in [1.29, 1.82) is 0 Å². The summed E-state index contributed by atoms with van der Waals surface area (Å²) in [6.07, 6.45) is 0. The summed E-state index contributed by atoms with van der Waals surface area (Å²) < 4.78 is 25.5. The first kappa shape index (κ1) is 19.5. The van der Waals surface area contributed by atoms with Gasteiger partial charge in [0.05, 0.1) is 22.0 Å². The molecule has 4 aromatic rings. The molecule has 0 heterocycles. The highest BCUT2D eigenvalue weighted by Gasteiger charge is 2.19. The first-order valence-corrected chi connectivity index (χ1v) is 10.6. The van der Waals surface area contributed by atoms with Crippen molar-refractivity contribution in [1.82, 2.24) is 0 Å². The zero-order valence-corrected chi connectivity index (χ0v) is 17.0. The number of nitrogen functional groups attached to an aromatic ring is 2. The van der Waals surface area contributed by atoms with Crippen LogP contribution in [0.4, 0.5) is 11.4 Å². The monoisotopic (exact) mass is 415 g/mol. The molecule has 0 aromatic heterocycles. The van der Waals surface area contributed by atoms with Gasteiger partial charge in [-0.3, -0.25) is 4.57 Å². The lowest BCUT2D eigenvalue weighted by Crippen LogP contribution is -2.11. The van der Waals surface area contributed by atoms with Crippen molar-refractivity contribution in [3.8, 4) is 23.0 Å². The fourth-order valence-corrected chi connectivity index (χ4v) is 4.28. The third-order valence-corrected chi connectivity index (χ3v) is 6.06. The lowest BCUT2D eigenvalue weighted by atomic mass is 10.3. The molecule has 0 saturated carbocycles. The Morgan fingerprint density at radius 2 is 0.833 bits per heavy atom. The Bertz CT molecular complexity index is 1120. The van der Waals surface area contributed by atoms with Crippen molar-refractivity contribution in [3.63, 3.8) is 0 Å². The van der Waals surface area contributed by atoms with Crippen LogP contribution in [0.2, 0.25) is 0 Å². The molecule has 0 aliphatic heterocycles. The van der Waals surface area contributed by atoms with Gasteiger partial charge in [-0.2, -0.15) is 0 Å². The Labute approximate surface area is 175 Å². The fourth-order valence-electron chi connectivity index (χ4n) is 2.94. The standard InChI is InChI=1S/C24H20N2O3P/c25-17-9-1-3-11-19(17)28-21-13-5-7-15-23(21)30(27)24-16-8-6-14-22(24)29-20-12-4-2-10-18(20)26/h1-16H,25-26H2. The molecule has 0 saturated heterocycles. The molecule has 149 valence electrons. The van der Waals surface area contributed by atoms with Gasteiger partial charge in [-0.25, -0.2) is 0 Å². The van der Waals surface area contributed by atoms with E-state index in [0.717, 1.165) is 0 Å². The van der Waals surface area contributed by atoms with Crippen LogP contribution in [0.1, 0.15) is 0 Å². The zero-order chi connectivity index (χ0) is 20.9. The SMILES string of the molecule is Nc1ccccc1Oc1ccccc1[P](=O)c1ccccc1Oc1ccccc1N. The van der Waals surface area contributed by atoms with Crippen molar-refractivity contribution < 1.29 is 14.0 Å². The normalized spacial score (nSPS) is 10.4. The number of para-hydroxylation sites is 6. The predicted octanol–water partition coefficient (Wildman–Crippen LogP) is 5.21. The lowest BCUT2D eigenvalue weighted by molar-refractivity contribution is 0.487. The van der Waals surface area contributed by atoms with Crippen LogP contribution >= 0.6 is 7.80 Å². The van der Waals surface area contributed by atoms with Crippen LogP contribution in [0.5, 0.6) is 23.0 Å². The molecule has 0 aliphatic carbocycles. The maximum absolute atomic E-state index is 13.6. The van der Waals surface area contributed by atoms with Gasteiger partial charge in [0.15, 0.2) is 0 Å². The molecular weight excluding hydrogens is 395 g/mol. The Hall–Kier alpha value is -3.82. The molecule has 0 aliphatic rings. The number of ether oxygens (including phenoxy) is 2. The summed E-state index contributed by atoms with van der Waals surface area (Å²) in [6.45, 7) is 0. The van der Waals surface area contributed by atoms with Crippen LogP contribution in [0.25, 0.3) is 0 Å². The Balaban J connectivity index is 1.70. The highest BCUT2D eigenvalue weighted by atomic mass is 31.1. The quantitative estimate of drug-likeness (QED) is 0.333. The molecule has 0 fully saturated rings. The molecule has 0 unspecified atom stereocenters. The maximum atomic E-state index is 13.6. The van der Waals surface area contributed by atoms with Gasteiger partial charge in [-0.05, 0) is 48.5 Å². The van der Waals surface area contributed by atoms with E-state index in [-0.39, 0.29) is 0 Å². The van der Waals surface area contributed by atoms with Crippen LogP contribution in [0, 0.1) is 0 Å². The van der Waals surface area contributed by atoms with E-state index in [0.29, 0.717) is 45.0 Å². The first-order valence-electron chi connectivity index (χ1n) is 9.33. The summed E-state index contributed by atoms with van der Waals surface area (Å²) in [5.74, 6) is 1.97. The predicted molar refractivity (Wildman–Crippen MR) is 122 cm³/mol. The number of nitrogens with two attached hydrogens (primary N) is 2. The molecule has 0 bridgehead atoms. The van der Waals surface area contributed by atoms with Gasteiger partial charge >= 0.3 is 0 Å². The minimum Gasteiger partial charge on any atom is -0.454 e. The summed E-state index contributed by atoms with van der Waals surface area (Å²) in [5.41, 5.74) is 13.0. The largest absolute Gasteiger partial charge is 0.454 e. The molecule has 5 nitrogen and oxygen atoms in total. The van der Waals surface area contributed by atoms with Crippen LogP contribution in [0.3, 0.4) is 0 Å². The molecule has 0 spiro atoms. The van der Waals surface area contributed by atoms with Crippen LogP contribution in [-0.2, 0) is 4.57 Å². The molecule has 1 radical (unpaired) electrons. The summed E-state index contributed by atoms with van der Waals surface area (Å²) in [7, 11) is -2.01. The van der Waals surface area contributed by atoms with Gasteiger partial charge in [0.25, 0.3) is 0 Å². The molecule has 0 atom stereocenters. The van der Waals surface area contributed by atoms with Crippen molar-refractivity contribution in [2.75, 3.05) is 11.5 Å². The van der Waals surface area contributed by atoms with E-state index >= 15 is 0 Å². The molecule has 4 rings (SSSR count). The maximum Gasteiger partial charge on any atom is 0.150 e. The van der Waals surface area contributed by atoms with E-state index in [9.17, 15) is 4.57 Å². The second-order valence-corrected chi connectivity index (χ2v) is 8.06. The summed E-state index contributed by atoms with van der Waals surface area (Å²) in [4.78, 5) is 0. The summed E-state index contributed by atoms with van der Waals surface area (Å²) >= 11 is 0. The van der Waals surface area contributed by atoms with Gasteiger partial charge in [0, 0.05) is 0 Å². The number of anilines is 2. The van der Waals surface area contributed by atoms with Crippen molar-refractivity contribution >= 4 is 29.8 Å². The van der Waals surface area contributed by atoms with Gasteiger partial charge in [0.1, 0.15) is 30.8 Å². The van der Waals surface area contributed by atoms with E-state index in [1.165, 1.54) is 0 Å². The van der Waals surface area contributed by atoms with Gasteiger partial charge in [-0.15, -0.1) is 0 Å². The molecule has 30 heavy (non-hydrogen) atoms. The van der Waals surface area contributed by atoms with Crippen molar-refractivity contribution in [2.45, 2.75) is 0 Å². The number of hydrogen-bond donors (Lipinski definition) is 2. The smallest absolute Gasteiger partial charge is 0.150 e. The Morgan fingerprint density at radius 3 is 1.23 bits per heavy atom. The van der Waals surface area contributed by atoms with Crippen LogP contribution in [0.15, 0.2) is 97.1 Å². The van der Waals surface area contributed by atoms with E-state index in [1.807, 2.05) is 48.5 Å². The topological polar surface area (TPSA) is 87.6 Å². The third-order valence-electron chi connectivity index (χ3n) is 4.45. The van der Waals surface area contributed by atoms with Gasteiger partial charge < -0.3 is 20.9 Å². The summed E-state index contributed by atoms with van der Waals surface area (Å²) in [6, 6.07) is 28.8. The average Bonchev–Trinajstić information content (AvgIpc) is 2.77. The number of benzene rings is 4. The van der Waals surface area contributed by atoms with Crippen LogP contribution in [-0.4, -0.2) is 0 Å². The fraction of sp³-hybridized carbons (Fsp3) is 0. The zero-order valence-electron chi connectivity index (χ0n) is 16.1. The first-order chi connectivity index (χ1) is 14.6. The third kappa shape index (κ3) is 4.12. The lowest BCUT2D eigenvalue weighted by Gasteiger charge is -2.15. The number of hydrogen-bond acceptors (Lipinski definition) is 5. The molecular formula is C24H20N2O3P. The van der Waals surface area contributed by atoms with Crippen LogP contribution < -0.4 is 31.6 Å². The molecule has 0 amide bonds.